The highest BCUT2D eigenvalue weighted by Crippen LogP contribution is 2.17. The first kappa shape index (κ1) is 6.33. The minimum atomic E-state index is -2.10. The first-order valence-electron chi connectivity index (χ1n) is 7.10. The molecule has 80 valence electrons. The number of nitrogens with one attached hydrogen (secondary N) is 1. The molecular formula is C13H18N2. The quantitative estimate of drug-likeness (QED) is 0.815. The Morgan fingerprint density at radius 1 is 1.40 bits per heavy atom. The lowest BCUT2D eigenvalue weighted by Crippen LogP contribution is -2.20. The average molecular weight is 206 g/mol. The number of aryl methyl sites for hydroxylation is 1. The van der Waals surface area contributed by atoms with Gasteiger partial charge in [-0.15, -0.1) is 0 Å². The maximum atomic E-state index is 8.23. The van der Waals surface area contributed by atoms with Crippen molar-refractivity contribution in [2.45, 2.75) is 13.3 Å². The molecule has 0 aliphatic heterocycles. The van der Waals surface area contributed by atoms with Gasteiger partial charge in [-0.05, 0) is 31.6 Å². The van der Waals surface area contributed by atoms with Crippen LogP contribution < -0.4 is 0 Å². The van der Waals surface area contributed by atoms with Gasteiger partial charge in [-0.3, -0.25) is 0 Å². The Morgan fingerprint density at radius 3 is 3.00 bits per heavy atom. The molecular weight excluding hydrogens is 184 g/mol. The maximum Gasteiger partial charge on any atom is 0.0456 e. The lowest BCUT2D eigenvalue weighted by atomic mass is 10.1. The summed E-state index contributed by atoms with van der Waals surface area (Å²) in [5.74, 6) is 0. The number of rotatable bonds is 4. The third-order valence-electron chi connectivity index (χ3n) is 2.45. The molecule has 0 fully saturated rings. The normalized spacial score (nSPS) is 17.3. The van der Waals surface area contributed by atoms with Gasteiger partial charge in [0.15, 0.2) is 0 Å². The van der Waals surface area contributed by atoms with Crippen molar-refractivity contribution in [2.75, 3.05) is 20.1 Å². The van der Waals surface area contributed by atoms with Gasteiger partial charge in [0, 0.05) is 29.1 Å². The van der Waals surface area contributed by atoms with Gasteiger partial charge in [0.05, 0.1) is 0 Å². The zero-order valence-electron chi connectivity index (χ0n) is 13.0. The van der Waals surface area contributed by atoms with Crippen molar-refractivity contribution < 1.29 is 5.48 Å². The number of H-pyrrole nitrogens is 1. The summed E-state index contributed by atoms with van der Waals surface area (Å²) in [6.45, 7) is 0.171. The van der Waals surface area contributed by atoms with E-state index in [1.54, 1.807) is 19.3 Å². The maximum absolute atomic E-state index is 8.23. The van der Waals surface area contributed by atoms with E-state index in [9.17, 15) is 0 Å². The molecule has 0 spiro atoms. The average Bonchev–Trinajstić information content (AvgIpc) is 2.81. The molecule has 2 nitrogen and oxygen atoms in total. The molecule has 2 aromatic rings. The van der Waals surface area contributed by atoms with Gasteiger partial charge in [0.25, 0.3) is 0 Å². The molecule has 0 aliphatic carbocycles. The van der Waals surface area contributed by atoms with Crippen LogP contribution in [0, 0.1) is 0 Å². The number of likely N-dealkylation sites (N-methyl/N-ethyl adjacent to an activating group) is 1. The van der Waals surface area contributed by atoms with E-state index >= 15 is 0 Å². The van der Waals surface area contributed by atoms with Crippen LogP contribution in [0.3, 0.4) is 0 Å². The Labute approximate surface area is 96.5 Å². The molecule has 0 atom stereocenters. The van der Waals surface area contributed by atoms with E-state index in [2.05, 4.69) is 4.98 Å². The number of hydrogen-bond donors (Lipinski definition) is 1. The van der Waals surface area contributed by atoms with Crippen LogP contribution in [0.1, 0.15) is 18.0 Å². The summed E-state index contributed by atoms with van der Waals surface area (Å²) in [5, 5.41) is 0.723. The van der Waals surface area contributed by atoms with E-state index in [0.29, 0.717) is 12.1 Å². The Morgan fingerprint density at radius 2 is 2.20 bits per heavy atom. The van der Waals surface area contributed by atoms with Crippen LogP contribution in [0.2, 0.25) is 0 Å². The van der Waals surface area contributed by atoms with E-state index in [0.717, 1.165) is 10.9 Å². The number of aromatic amines is 1. The van der Waals surface area contributed by atoms with E-state index in [4.69, 9.17) is 5.48 Å². The molecule has 0 amide bonds. The van der Waals surface area contributed by atoms with Gasteiger partial charge in [0.2, 0.25) is 0 Å². The number of benzene rings is 1. The number of nitrogens with zero attached hydrogens (tertiary/aromatic N) is 1. The topological polar surface area (TPSA) is 19.0 Å². The highest BCUT2D eigenvalue weighted by Gasteiger charge is 2.03. The molecule has 0 saturated carbocycles. The van der Waals surface area contributed by atoms with Gasteiger partial charge in [0.1, 0.15) is 0 Å². The van der Waals surface area contributed by atoms with Gasteiger partial charge in [-0.2, -0.15) is 0 Å². The summed E-state index contributed by atoms with van der Waals surface area (Å²) in [6, 6.07) is 7.36. The number of aromatic nitrogens is 1. The van der Waals surface area contributed by atoms with Crippen LogP contribution in [0.4, 0.5) is 0 Å². The van der Waals surface area contributed by atoms with Crippen LogP contribution >= 0.6 is 0 Å². The molecule has 0 radical (unpaired) electrons. The van der Waals surface area contributed by atoms with Gasteiger partial charge >= 0.3 is 0 Å². The Kier molecular flexibility index (Phi) is 1.90. The van der Waals surface area contributed by atoms with Crippen LogP contribution in [-0.2, 0) is 6.37 Å². The molecule has 1 aromatic carbocycles. The summed E-state index contributed by atoms with van der Waals surface area (Å²) >= 11 is 0. The predicted molar refractivity (Wildman–Crippen MR) is 65.2 cm³/mol. The molecule has 0 unspecified atom stereocenters. The molecule has 0 aliphatic rings. The minimum absolute atomic E-state index is 0.355. The number of fused-ring (bicyclic) bond motifs is 1. The Hall–Kier alpha value is -1.28. The first-order chi connectivity index (χ1) is 8.82. The fraction of sp³-hybridized carbons (Fsp3) is 0.385. The minimum Gasteiger partial charge on any atom is -0.361 e. The molecule has 0 bridgehead atoms. The van der Waals surface area contributed by atoms with E-state index in [1.807, 2.05) is 25.1 Å². The zero-order valence-corrected chi connectivity index (χ0v) is 9.04. The smallest absolute Gasteiger partial charge is 0.0456 e. The van der Waals surface area contributed by atoms with Crippen molar-refractivity contribution in [3.63, 3.8) is 0 Å². The van der Waals surface area contributed by atoms with Crippen LogP contribution in [0.5, 0.6) is 0 Å². The van der Waals surface area contributed by atoms with E-state index < -0.39 is 12.9 Å². The number of para-hydroxylation sites is 1. The zero-order chi connectivity index (χ0) is 14.3. The van der Waals surface area contributed by atoms with E-state index in [1.165, 1.54) is 4.90 Å². The molecule has 1 N–H and O–H groups in total. The summed E-state index contributed by atoms with van der Waals surface area (Å²) in [4.78, 5) is 4.38. The largest absolute Gasteiger partial charge is 0.361 e. The van der Waals surface area contributed by atoms with Crippen molar-refractivity contribution in [1.82, 2.24) is 9.88 Å². The summed E-state index contributed by atoms with van der Waals surface area (Å²) in [6.07, 6.45) is -0.538. The fourth-order valence-corrected chi connectivity index (χ4v) is 1.41. The predicted octanol–water partition coefficient (Wildman–Crippen LogP) is 2.66. The van der Waals surface area contributed by atoms with Crippen molar-refractivity contribution in [2.24, 2.45) is 0 Å². The molecule has 15 heavy (non-hydrogen) atoms. The van der Waals surface area contributed by atoms with Crippen molar-refractivity contribution in [3.8, 4) is 0 Å². The third kappa shape index (κ3) is 2.21. The highest BCUT2D eigenvalue weighted by molar-refractivity contribution is 5.83. The lowest BCUT2D eigenvalue weighted by Gasteiger charge is -2.12. The standard InChI is InChI=1S/C13H18N2/c1-3-15(2)9-8-11-10-14-13-7-5-4-6-12(11)13/h4-7,10,14H,3,8-9H2,1-2H3/i8D2,9D2. The summed E-state index contributed by atoms with van der Waals surface area (Å²) in [5.41, 5.74) is 1.17. The van der Waals surface area contributed by atoms with Crippen molar-refractivity contribution in [1.29, 1.82) is 0 Å². The molecule has 2 heteroatoms. The van der Waals surface area contributed by atoms with Crippen LogP contribution in [0.25, 0.3) is 10.9 Å². The Bertz CT molecular complexity index is 577. The Balaban J connectivity index is 2.55. The van der Waals surface area contributed by atoms with Gasteiger partial charge < -0.3 is 9.88 Å². The molecule has 0 saturated heterocycles. The third-order valence-corrected chi connectivity index (χ3v) is 2.45. The van der Waals surface area contributed by atoms with Gasteiger partial charge in [-0.25, -0.2) is 0 Å². The molecule has 1 aromatic heterocycles. The van der Waals surface area contributed by atoms with Crippen molar-refractivity contribution >= 4 is 10.9 Å². The summed E-state index contributed by atoms with van der Waals surface area (Å²) in [7, 11) is 1.59. The van der Waals surface area contributed by atoms with Gasteiger partial charge in [-0.1, -0.05) is 25.1 Å². The monoisotopic (exact) mass is 206 g/mol. The lowest BCUT2D eigenvalue weighted by molar-refractivity contribution is 0.358. The van der Waals surface area contributed by atoms with E-state index in [-0.39, 0.29) is 0 Å². The highest BCUT2D eigenvalue weighted by atomic mass is 15.1. The van der Waals surface area contributed by atoms with Crippen LogP contribution in [-0.4, -0.2) is 30.0 Å². The second kappa shape index (κ2) is 4.49. The first-order valence-corrected chi connectivity index (χ1v) is 5.10. The second-order valence-electron chi connectivity index (χ2n) is 3.50. The SMILES string of the molecule is [2H]C([2H])(c1c[nH]c2ccccc12)C([2H])([2H])N(C)CC. The fourth-order valence-electron chi connectivity index (χ4n) is 1.41. The number of hydrogen-bond acceptors (Lipinski definition) is 1. The molecule has 1 heterocycles. The summed E-state index contributed by atoms with van der Waals surface area (Å²) < 4.78 is 32.6. The van der Waals surface area contributed by atoms with Crippen molar-refractivity contribution in [3.05, 3.63) is 36.0 Å². The second-order valence-corrected chi connectivity index (χ2v) is 3.50. The van der Waals surface area contributed by atoms with Crippen LogP contribution in [0.15, 0.2) is 30.5 Å². The molecule has 2 rings (SSSR count).